The van der Waals surface area contributed by atoms with Crippen molar-refractivity contribution in [1.82, 2.24) is 15.1 Å². The lowest BCUT2D eigenvalue weighted by molar-refractivity contribution is -0.137. The Morgan fingerprint density at radius 3 is 2.20 bits per heavy atom. The summed E-state index contributed by atoms with van der Waals surface area (Å²) in [6, 6.07) is 12.0. The number of para-hydroxylation sites is 1. The molecule has 35 heavy (non-hydrogen) atoms. The lowest BCUT2D eigenvalue weighted by Crippen LogP contribution is -2.51. The summed E-state index contributed by atoms with van der Waals surface area (Å²) in [6.45, 7) is 4.87. The maximum atomic E-state index is 13.1. The van der Waals surface area contributed by atoms with Crippen molar-refractivity contribution in [2.75, 3.05) is 38.0 Å². The molecular formula is C25H29F3N4O3. The van der Waals surface area contributed by atoms with E-state index in [0.717, 1.165) is 17.2 Å². The number of nitrogens with one attached hydrogen (secondary N) is 2. The zero-order valence-corrected chi connectivity index (χ0v) is 19.7. The van der Waals surface area contributed by atoms with Gasteiger partial charge >= 0.3 is 6.18 Å². The highest BCUT2D eigenvalue weighted by Crippen LogP contribution is 2.34. The number of carbonyl (C=O) groups is 3. The highest BCUT2D eigenvalue weighted by Gasteiger charge is 2.34. The quantitative estimate of drug-likeness (QED) is 0.624. The van der Waals surface area contributed by atoms with Gasteiger partial charge in [0.05, 0.1) is 30.3 Å². The van der Waals surface area contributed by atoms with Crippen LogP contribution in [0.3, 0.4) is 0 Å². The zero-order chi connectivity index (χ0) is 25.6. The van der Waals surface area contributed by atoms with Gasteiger partial charge in [0, 0.05) is 33.1 Å². The second-order valence-corrected chi connectivity index (χ2v) is 8.62. The number of benzene rings is 2. The number of aryl methyl sites for hydroxylation is 1. The van der Waals surface area contributed by atoms with Crippen LogP contribution in [0.5, 0.6) is 0 Å². The fourth-order valence-corrected chi connectivity index (χ4v) is 3.99. The number of amides is 3. The molecule has 0 saturated carbocycles. The van der Waals surface area contributed by atoms with Crippen LogP contribution < -0.4 is 10.6 Å². The van der Waals surface area contributed by atoms with Crippen molar-refractivity contribution in [3.05, 3.63) is 65.2 Å². The van der Waals surface area contributed by atoms with E-state index in [-0.39, 0.29) is 30.5 Å². The summed E-state index contributed by atoms with van der Waals surface area (Å²) in [5.74, 6) is -0.898. The summed E-state index contributed by atoms with van der Waals surface area (Å²) in [6.07, 6.45) is -4.46. The second-order valence-electron chi connectivity index (χ2n) is 8.62. The van der Waals surface area contributed by atoms with Crippen molar-refractivity contribution in [2.45, 2.75) is 32.5 Å². The average Bonchev–Trinajstić information content (AvgIpc) is 2.79. The number of carbonyl (C=O) groups excluding carboxylic acids is 3. The number of nitrogens with zero attached hydrogens (tertiary/aromatic N) is 2. The molecule has 1 aliphatic rings. The Bertz CT molecular complexity index is 1050. The monoisotopic (exact) mass is 490 g/mol. The molecule has 7 nitrogen and oxygen atoms in total. The second kappa shape index (κ2) is 11.4. The summed E-state index contributed by atoms with van der Waals surface area (Å²) >= 11 is 0. The van der Waals surface area contributed by atoms with E-state index in [1.807, 2.05) is 31.2 Å². The summed E-state index contributed by atoms with van der Waals surface area (Å²) in [5.41, 5.74) is 0.738. The van der Waals surface area contributed by atoms with Gasteiger partial charge in [-0.05, 0) is 24.6 Å². The number of anilines is 1. The normalized spacial score (nSPS) is 15.4. The van der Waals surface area contributed by atoms with E-state index in [1.54, 1.807) is 9.80 Å². The maximum absolute atomic E-state index is 13.1. The molecule has 2 N–H and O–H groups in total. The molecule has 3 rings (SSSR count). The predicted molar refractivity (Wildman–Crippen MR) is 125 cm³/mol. The van der Waals surface area contributed by atoms with Crippen LogP contribution >= 0.6 is 0 Å². The Hall–Kier alpha value is -3.40. The molecule has 188 valence electrons. The van der Waals surface area contributed by atoms with E-state index in [1.165, 1.54) is 25.1 Å². The lowest BCUT2D eigenvalue weighted by atomic mass is 10.0. The van der Waals surface area contributed by atoms with Gasteiger partial charge in [0.2, 0.25) is 17.7 Å². The number of piperazine rings is 1. The minimum absolute atomic E-state index is 0.0773. The standard InChI is InChI=1S/C25H29F3N4O3/c1-17-7-9-19(10-8-17)22(29-18(2)33)15-24(35)32-13-11-31(12-14-32)16-23(34)30-21-6-4-3-5-20(21)25(26,27)28/h3-10,22H,11-16H2,1-2H3,(H,29,33)(H,30,34). The molecule has 1 unspecified atom stereocenters. The summed E-state index contributed by atoms with van der Waals surface area (Å²) in [5, 5.41) is 5.17. The zero-order valence-electron chi connectivity index (χ0n) is 19.7. The van der Waals surface area contributed by atoms with Gasteiger partial charge in [-0.3, -0.25) is 19.3 Å². The van der Waals surface area contributed by atoms with Crippen LogP contribution in [-0.2, 0) is 20.6 Å². The fraction of sp³-hybridized carbons (Fsp3) is 0.400. The molecule has 1 atom stereocenters. The van der Waals surface area contributed by atoms with Crippen LogP contribution in [0.1, 0.15) is 36.1 Å². The Balaban J connectivity index is 1.52. The predicted octanol–water partition coefficient (Wildman–Crippen LogP) is 3.36. The smallest absolute Gasteiger partial charge is 0.349 e. The third-order valence-electron chi connectivity index (χ3n) is 5.83. The molecule has 1 fully saturated rings. The van der Waals surface area contributed by atoms with E-state index >= 15 is 0 Å². The first-order valence-corrected chi connectivity index (χ1v) is 11.3. The molecular weight excluding hydrogens is 461 g/mol. The molecule has 0 aromatic heterocycles. The molecule has 1 aliphatic heterocycles. The van der Waals surface area contributed by atoms with E-state index in [2.05, 4.69) is 10.6 Å². The molecule has 1 heterocycles. The number of hydrogen-bond donors (Lipinski definition) is 2. The first kappa shape index (κ1) is 26.2. The van der Waals surface area contributed by atoms with E-state index in [0.29, 0.717) is 26.2 Å². The van der Waals surface area contributed by atoms with Gasteiger partial charge in [-0.2, -0.15) is 13.2 Å². The van der Waals surface area contributed by atoms with Crippen LogP contribution in [0.2, 0.25) is 0 Å². The molecule has 0 bridgehead atoms. The van der Waals surface area contributed by atoms with Gasteiger partial charge in [-0.1, -0.05) is 42.0 Å². The Morgan fingerprint density at radius 1 is 0.971 bits per heavy atom. The number of hydrogen-bond acceptors (Lipinski definition) is 4. The molecule has 0 spiro atoms. The molecule has 2 aromatic carbocycles. The maximum Gasteiger partial charge on any atom is 0.418 e. The van der Waals surface area contributed by atoms with Gasteiger partial charge < -0.3 is 15.5 Å². The van der Waals surface area contributed by atoms with Crippen LogP contribution in [0, 0.1) is 6.92 Å². The lowest BCUT2D eigenvalue weighted by Gasteiger charge is -2.35. The average molecular weight is 491 g/mol. The topological polar surface area (TPSA) is 81.8 Å². The highest BCUT2D eigenvalue weighted by atomic mass is 19.4. The van der Waals surface area contributed by atoms with Gasteiger partial charge in [0.1, 0.15) is 0 Å². The van der Waals surface area contributed by atoms with E-state index < -0.39 is 23.7 Å². The third-order valence-corrected chi connectivity index (χ3v) is 5.83. The van der Waals surface area contributed by atoms with Gasteiger partial charge in [0.15, 0.2) is 0 Å². The highest BCUT2D eigenvalue weighted by molar-refractivity contribution is 5.93. The molecule has 3 amide bonds. The SMILES string of the molecule is CC(=O)NC(CC(=O)N1CCN(CC(=O)Nc2ccccc2C(F)(F)F)CC1)c1ccc(C)cc1. The molecule has 0 aliphatic carbocycles. The van der Waals surface area contributed by atoms with Gasteiger partial charge in [0.25, 0.3) is 0 Å². The van der Waals surface area contributed by atoms with Crippen molar-refractivity contribution >= 4 is 23.4 Å². The Labute approximate surface area is 202 Å². The summed E-state index contributed by atoms with van der Waals surface area (Å²) in [4.78, 5) is 40.4. The van der Waals surface area contributed by atoms with Crippen LogP contribution in [0.15, 0.2) is 48.5 Å². The van der Waals surface area contributed by atoms with E-state index in [4.69, 9.17) is 0 Å². The number of rotatable bonds is 7. The minimum atomic E-state index is -4.57. The fourth-order valence-electron chi connectivity index (χ4n) is 3.99. The minimum Gasteiger partial charge on any atom is -0.349 e. The van der Waals surface area contributed by atoms with Crippen molar-refractivity contribution < 1.29 is 27.6 Å². The van der Waals surface area contributed by atoms with Crippen LogP contribution in [-0.4, -0.2) is 60.2 Å². The van der Waals surface area contributed by atoms with Crippen LogP contribution in [0.25, 0.3) is 0 Å². The first-order valence-electron chi connectivity index (χ1n) is 11.3. The van der Waals surface area contributed by atoms with Gasteiger partial charge in [-0.25, -0.2) is 0 Å². The number of alkyl halides is 3. The Morgan fingerprint density at radius 2 is 1.60 bits per heavy atom. The van der Waals surface area contributed by atoms with Crippen molar-refractivity contribution in [2.24, 2.45) is 0 Å². The van der Waals surface area contributed by atoms with Crippen molar-refractivity contribution in [3.8, 4) is 0 Å². The molecule has 10 heteroatoms. The number of halogens is 3. The van der Waals surface area contributed by atoms with Crippen molar-refractivity contribution in [1.29, 1.82) is 0 Å². The van der Waals surface area contributed by atoms with Gasteiger partial charge in [-0.15, -0.1) is 0 Å². The summed E-state index contributed by atoms with van der Waals surface area (Å²) in [7, 11) is 0. The largest absolute Gasteiger partial charge is 0.418 e. The third kappa shape index (κ3) is 7.54. The molecule has 0 radical (unpaired) electrons. The van der Waals surface area contributed by atoms with E-state index in [9.17, 15) is 27.6 Å². The molecule has 2 aromatic rings. The van der Waals surface area contributed by atoms with Crippen molar-refractivity contribution in [3.63, 3.8) is 0 Å². The molecule has 1 saturated heterocycles. The van der Waals surface area contributed by atoms with Crippen LogP contribution in [0.4, 0.5) is 18.9 Å². The summed E-state index contributed by atoms with van der Waals surface area (Å²) < 4.78 is 39.4. The first-order chi connectivity index (χ1) is 16.5. The Kier molecular flexibility index (Phi) is 8.50.